The lowest BCUT2D eigenvalue weighted by molar-refractivity contribution is -0.384. The van der Waals surface area contributed by atoms with Gasteiger partial charge in [-0.15, -0.1) is 11.8 Å². The molecule has 0 spiro atoms. The average Bonchev–Trinajstić information content (AvgIpc) is 2.65. The summed E-state index contributed by atoms with van der Waals surface area (Å²) in [5.74, 6) is -0.433. The van der Waals surface area contributed by atoms with Crippen LogP contribution in [0.1, 0.15) is 5.56 Å². The number of nitrogens with two attached hydrogens (primary N) is 1. The summed E-state index contributed by atoms with van der Waals surface area (Å²) in [5, 5.41) is 10.4. The number of rotatable bonds is 6. The van der Waals surface area contributed by atoms with Crippen molar-refractivity contribution in [1.29, 1.82) is 0 Å². The Kier molecular flexibility index (Phi) is 5.25. The monoisotopic (exact) mass is 379 g/mol. The topological polar surface area (TPSA) is 125 Å². The zero-order valence-corrected chi connectivity index (χ0v) is 14.7. The van der Waals surface area contributed by atoms with Crippen molar-refractivity contribution in [3.8, 4) is 0 Å². The number of β-lactam (4-membered cyclic amide) rings is 1. The van der Waals surface area contributed by atoms with E-state index in [-0.39, 0.29) is 35.9 Å². The first-order valence-electron chi connectivity index (χ1n) is 7.75. The molecule has 2 N–H and O–H groups in total. The number of carbonyl (C=O) groups excluding carboxylic acids is 2. The van der Waals surface area contributed by atoms with Gasteiger partial charge in [-0.1, -0.05) is 0 Å². The van der Waals surface area contributed by atoms with Gasteiger partial charge in [-0.05, 0) is 23.3 Å². The van der Waals surface area contributed by atoms with E-state index in [2.05, 4.69) is 0 Å². The number of fused-ring (bicyclic) bond motifs is 1. The van der Waals surface area contributed by atoms with Crippen LogP contribution < -0.4 is 5.73 Å². The summed E-state index contributed by atoms with van der Waals surface area (Å²) in [6.45, 7) is 0.146. The minimum absolute atomic E-state index is 0.0440. The number of hydrogen-bond acceptors (Lipinski definition) is 8. The second-order valence-corrected chi connectivity index (χ2v) is 6.93. The van der Waals surface area contributed by atoms with Gasteiger partial charge in [0.15, 0.2) is 0 Å². The SMILES string of the molecule is COCC1=C(C(=O)OCc2ccc([N+](=O)[O-])cc2)N2C(=O)[C@@H](N)[C@H]2SC1. The maximum atomic E-state index is 12.6. The number of nitrogens with zero attached hydrogens (tertiary/aromatic N) is 2. The van der Waals surface area contributed by atoms with Crippen molar-refractivity contribution < 1.29 is 24.0 Å². The molecule has 0 bridgehead atoms. The van der Waals surface area contributed by atoms with Gasteiger partial charge in [0, 0.05) is 25.0 Å². The second-order valence-electron chi connectivity index (χ2n) is 5.82. The zero-order valence-electron chi connectivity index (χ0n) is 13.9. The third kappa shape index (κ3) is 3.30. The fraction of sp³-hybridized carbons (Fsp3) is 0.375. The molecular weight excluding hydrogens is 362 g/mol. The van der Waals surface area contributed by atoms with Crippen molar-refractivity contribution in [2.45, 2.75) is 18.0 Å². The summed E-state index contributed by atoms with van der Waals surface area (Å²) in [7, 11) is 1.51. The van der Waals surface area contributed by atoms with E-state index in [1.807, 2.05) is 0 Å². The largest absolute Gasteiger partial charge is 0.456 e. The maximum absolute atomic E-state index is 12.6. The Balaban J connectivity index is 1.73. The Morgan fingerprint density at radius 3 is 2.69 bits per heavy atom. The lowest BCUT2D eigenvalue weighted by Crippen LogP contribution is -2.68. The number of amides is 1. The molecule has 0 saturated carbocycles. The third-order valence-electron chi connectivity index (χ3n) is 4.12. The molecule has 0 aliphatic carbocycles. The minimum Gasteiger partial charge on any atom is -0.456 e. The molecule has 26 heavy (non-hydrogen) atoms. The zero-order chi connectivity index (χ0) is 18.8. The quantitative estimate of drug-likeness (QED) is 0.333. The van der Waals surface area contributed by atoms with E-state index in [9.17, 15) is 19.7 Å². The van der Waals surface area contributed by atoms with Crippen molar-refractivity contribution in [3.63, 3.8) is 0 Å². The number of thioether (sulfide) groups is 1. The van der Waals surface area contributed by atoms with Gasteiger partial charge < -0.3 is 15.2 Å². The molecule has 2 atom stereocenters. The maximum Gasteiger partial charge on any atom is 0.355 e. The Bertz CT molecular complexity index is 779. The van der Waals surface area contributed by atoms with Crippen LogP contribution in [-0.2, 0) is 25.7 Å². The number of carbonyl (C=O) groups is 2. The van der Waals surface area contributed by atoms with E-state index >= 15 is 0 Å². The van der Waals surface area contributed by atoms with Crippen LogP contribution >= 0.6 is 11.8 Å². The number of nitro benzene ring substituents is 1. The van der Waals surface area contributed by atoms with Crippen LogP contribution in [0.5, 0.6) is 0 Å². The van der Waals surface area contributed by atoms with Gasteiger partial charge in [-0.2, -0.15) is 0 Å². The van der Waals surface area contributed by atoms with E-state index in [1.165, 1.54) is 48.0 Å². The fourth-order valence-corrected chi connectivity index (χ4v) is 4.06. The van der Waals surface area contributed by atoms with Crippen molar-refractivity contribution in [2.24, 2.45) is 5.73 Å². The molecule has 1 aromatic rings. The highest BCUT2D eigenvalue weighted by molar-refractivity contribution is 8.00. The van der Waals surface area contributed by atoms with Crippen molar-refractivity contribution in [2.75, 3.05) is 19.5 Å². The number of nitro groups is 1. The molecule has 0 unspecified atom stereocenters. The first-order chi connectivity index (χ1) is 12.4. The first-order valence-corrected chi connectivity index (χ1v) is 8.80. The predicted octanol–water partition coefficient (Wildman–Crippen LogP) is 0.781. The van der Waals surface area contributed by atoms with Crippen molar-refractivity contribution in [1.82, 2.24) is 4.90 Å². The number of benzene rings is 1. The highest BCUT2D eigenvalue weighted by Gasteiger charge is 2.52. The van der Waals surface area contributed by atoms with E-state index in [1.54, 1.807) is 0 Å². The van der Waals surface area contributed by atoms with Crippen LogP contribution in [0.15, 0.2) is 35.5 Å². The average molecular weight is 379 g/mol. The molecule has 0 aromatic heterocycles. The molecule has 2 heterocycles. The number of esters is 1. The Labute approximate surface area is 153 Å². The molecule has 1 saturated heterocycles. The van der Waals surface area contributed by atoms with Crippen LogP contribution in [0.2, 0.25) is 0 Å². The van der Waals surface area contributed by atoms with E-state index < -0.39 is 16.9 Å². The van der Waals surface area contributed by atoms with Gasteiger partial charge in [0.05, 0.1) is 11.5 Å². The Morgan fingerprint density at radius 2 is 2.08 bits per heavy atom. The Morgan fingerprint density at radius 1 is 1.38 bits per heavy atom. The molecule has 1 amide bonds. The van der Waals surface area contributed by atoms with Crippen LogP contribution in [0.4, 0.5) is 5.69 Å². The predicted molar refractivity (Wildman–Crippen MR) is 92.9 cm³/mol. The van der Waals surface area contributed by atoms with Crippen LogP contribution in [-0.4, -0.2) is 52.6 Å². The lowest BCUT2D eigenvalue weighted by atomic mass is 10.0. The smallest absolute Gasteiger partial charge is 0.355 e. The molecule has 3 rings (SSSR count). The van der Waals surface area contributed by atoms with Crippen LogP contribution in [0.25, 0.3) is 0 Å². The van der Waals surface area contributed by atoms with Gasteiger partial charge in [-0.25, -0.2) is 4.79 Å². The summed E-state index contributed by atoms with van der Waals surface area (Å²) < 4.78 is 10.4. The molecule has 0 radical (unpaired) electrons. The summed E-state index contributed by atoms with van der Waals surface area (Å²) in [6, 6.07) is 5.08. The molecule has 1 aromatic carbocycles. The van der Waals surface area contributed by atoms with Crippen molar-refractivity contribution in [3.05, 3.63) is 51.2 Å². The van der Waals surface area contributed by atoms with Crippen LogP contribution in [0, 0.1) is 10.1 Å². The van der Waals surface area contributed by atoms with Gasteiger partial charge in [0.1, 0.15) is 23.7 Å². The molecule has 9 nitrogen and oxygen atoms in total. The molecule has 1 fully saturated rings. The van der Waals surface area contributed by atoms with Gasteiger partial charge in [-0.3, -0.25) is 19.8 Å². The van der Waals surface area contributed by atoms with E-state index in [0.29, 0.717) is 16.9 Å². The molecule has 10 heteroatoms. The summed E-state index contributed by atoms with van der Waals surface area (Å²) in [5.41, 5.74) is 7.20. The number of methoxy groups -OCH3 is 1. The van der Waals surface area contributed by atoms with Gasteiger partial charge in [0.25, 0.3) is 5.69 Å². The standard InChI is InChI=1S/C16H17N3O6S/c1-24-7-10-8-26-15-12(17)14(20)18(15)13(10)16(21)25-6-9-2-4-11(5-3-9)19(22)23/h2-5,12,15H,6-8,17H2,1H3/t12-,15-/m1/s1. The second kappa shape index (κ2) is 7.44. The van der Waals surface area contributed by atoms with E-state index in [0.717, 1.165) is 0 Å². The molecular formula is C16H17N3O6S. The number of hydrogen-bond donors (Lipinski definition) is 1. The first kappa shape index (κ1) is 18.4. The van der Waals surface area contributed by atoms with Crippen molar-refractivity contribution >= 4 is 29.3 Å². The lowest BCUT2D eigenvalue weighted by Gasteiger charge is -2.48. The van der Waals surface area contributed by atoms with Gasteiger partial charge >= 0.3 is 5.97 Å². The fourth-order valence-electron chi connectivity index (χ4n) is 2.78. The normalized spacial score (nSPS) is 21.9. The highest BCUT2D eigenvalue weighted by Crippen LogP contribution is 2.39. The highest BCUT2D eigenvalue weighted by atomic mass is 32.2. The Hall–Kier alpha value is -2.43. The van der Waals surface area contributed by atoms with Gasteiger partial charge in [0.2, 0.25) is 5.91 Å². The number of non-ortho nitro benzene ring substituents is 1. The minimum atomic E-state index is -0.638. The van der Waals surface area contributed by atoms with E-state index in [4.69, 9.17) is 15.2 Å². The number of ether oxygens (including phenoxy) is 2. The third-order valence-corrected chi connectivity index (χ3v) is 5.48. The van der Waals surface area contributed by atoms with Crippen LogP contribution in [0.3, 0.4) is 0 Å². The summed E-state index contributed by atoms with van der Waals surface area (Å²) >= 11 is 1.48. The molecule has 2 aliphatic rings. The summed E-state index contributed by atoms with van der Waals surface area (Å²) in [6.07, 6.45) is 0. The molecule has 138 valence electrons. The molecule has 2 aliphatic heterocycles. The summed E-state index contributed by atoms with van der Waals surface area (Å²) in [4.78, 5) is 36.2.